The lowest BCUT2D eigenvalue weighted by atomic mass is 10.3. The molecule has 0 unspecified atom stereocenters. The average molecular weight is 519 g/mol. The number of nitrogens with one attached hydrogen (secondary N) is 2. The van der Waals surface area contributed by atoms with Gasteiger partial charge in [0.15, 0.2) is 5.96 Å². The summed E-state index contributed by atoms with van der Waals surface area (Å²) in [4.78, 5) is 6.16. The number of guanidine groups is 1. The Bertz CT molecular complexity index is 641. The van der Waals surface area contributed by atoms with Crippen LogP contribution in [0.4, 0.5) is 0 Å². The topological polar surface area (TPSA) is 83.0 Å². The van der Waals surface area contributed by atoms with Crippen LogP contribution in [0.25, 0.3) is 0 Å². The van der Waals surface area contributed by atoms with Gasteiger partial charge in [0.05, 0.1) is 12.3 Å². The number of ether oxygens (including phenoxy) is 1. The summed E-state index contributed by atoms with van der Waals surface area (Å²) in [7, 11) is 0.498. The van der Waals surface area contributed by atoms with E-state index in [-0.39, 0.29) is 29.7 Å². The van der Waals surface area contributed by atoms with Crippen LogP contribution in [0.1, 0.15) is 13.3 Å². The molecule has 0 aliphatic carbocycles. The zero-order valence-corrected chi connectivity index (χ0v) is 19.3. The first-order valence-corrected chi connectivity index (χ1v) is 10.2. The van der Waals surface area contributed by atoms with Gasteiger partial charge in [0.25, 0.3) is 0 Å². The number of nitrogens with zero attached hydrogens (tertiary/aromatic N) is 2. The number of hydrogen-bond acceptors (Lipinski definition) is 4. The number of aliphatic imine (C=N–C) groups is 1. The van der Waals surface area contributed by atoms with Gasteiger partial charge in [-0.25, -0.2) is 13.1 Å². The van der Waals surface area contributed by atoms with E-state index in [2.05, 4.69) is 15.0 Å². The zero-order chi connectivity index (χ0) is 18.7. The Morgan fingerprint density at radius 1 is 1.27 bits per heavy atom. The van der Waals surface area contributed by atoms with E-state index in [4.69, 9.17) is 16.3 Å². The van der Waals surface area contributed by atoms with Crippen LogP contribution < -0.4 is 14.8 Å². The minimum Gasteiger partial charge on any atom is -0.492 e. The molecule has 0 saturated heterocycles. The van der Waals surface area contributed by atoms with Crippen molar-refractivity contribution in [2.24, 2.45) is 4.99 Å². The highest BCUT2D eigenvalue weighted by molar-refractivity contribution is 14.0. The minimum atomic E-state index is -3.13. The number of benzene rings is 1. The number of rotatable bonds is 10. The molecule has 0 aromatic heterocycles. The second kappa shape index (κ2) is 13.4. The van der Waals surface area contributed by atoms with Crippen molar-refractivity contribution in [1.29, 1.82) is 0 Å². The maximum absolute atomic E-state index is 11.3. The van der Waals surface area contributed by atoms with Gasteiger partial charge in [0.1, 0.15) is 12.4 Å². The van der Waals surface area contributed by atoms with Crippen molar-refractivity contribution in [1.82, 2.24) is 14.9 Å². The second-order valence-electron chi connectivity index (χ2n) is 5.35. The standard InChI is InChI=1S/C16H27ClN4O3S.HI/c1-4-25(22,23)20-11-5-10-19-16(18-2)21(3)12-13-24-15-8-6-14(17)7-9-15;/h6-9,20H,4-5,10-13H2,1-3H3,(H,18,19);1H. The molecule has 10 heteroatoms. The molecule has 0 atom stereocenters. The quantitative estimate of drug-likeness (QED) is 0.215. The molecular weight excluding hydrogens is 491 g/mol. The smallest absolute Gasteiger partial charge is 0.211 e. The first kappa shape index (κ1) is 25.2. The van der Waals surface area contributed by atoms with Gasteiger partial charge in [-0.1, -0.05) is 11.6 Å². The summed E-state index contributed by atoms with van der Waals surface area (Å²) >= 11 is 5.83. The van der Waals surface area contributed by atoms with Crippen LogP contribution in [0.2, 0.25) is 5.02 Å². The molecule has 1 rings (SSSR count). The molecule has 2 N–H and O–H groups in total. The van der Waals surface area contributed by atoms with Crippen molar-refractivity contribution in [3.05, 3.63) is 29.3 Å². The van der Waals surface area contributed by atoms with Crippen LogP contribution in [0, 0.1) is 0 Å². The maximum atomic E-state index is 11.3. The van der Waals surface area contributed by atoms with Crippen LogP contribution in [0.15, 0.2) is 29.3 Å². The molecule has 0 spiro atoms. The Morgan fingerprint density at radius 2 is 1.92 bits per heavy atom. The van der Waals surface area contributed by atoms with Gasteiger partial charge in [-0.05, 0) is 37.6 Å². The molecule has 0 heterocycles. The van der Waals surface area contributed by atoms with E-state index in [1.165, 1.54) is 0 Å². The molecule has 0 saturated carbocycles. The van der Waals surface area contributed by atoms with Crippen molar-refractivity contribution in [3.8, 4) is 5.75 Å². The summed E-state index contributed by atoms with van der Waals surface area (Å²) in [5.74, 6) is 1.60. The third kappa shape index (κ3) is 10.4. The van der Waals surface area contributed by atoms with E-state index in [9.17, 15) is 8.42 Å². The van der Waals surface area contributed by atoms with E-state index in [0.717, 1.165) is 11.7 Å². The Hall–Kier alpha value is -0.780. The number of likely N-dealkylation sites (N-methyl/N-ethyl adjacent to an activating group) is 1. The van der Waals surface area contributed by atoms with Crippen LogP contribution in [0.3, 0.4) is 0 Å². The fourth-order valence-corrected chi connectivity index (χ4v) is 2.73. The van der Waals surface area contributed by atoms with Gasteiger partial charge in [-0.3, -0.25) is 4.99 Å². The lowest BCUT2D eigenvalue weighted by Crippen LogP contribution is -2.41. The highest BCUT2D eigenvalue weighted by atomic mass is 127. The SMILES string of the molecule is CCS(=O)(=O)NCCCNC(=NC)N(C)CCOc1ccc(Cl)cc1.I. The molecule has 0 radical (unpaired) electrons. The average Bonchev–Trinajstić information content (AvgIpc) is 2.59. The molecular formula is C16H28ClIN4O3S. The molecule has 0 bridgehead atoms. The van der Waals surface area contributed by atoms with E-state index in [0.29, 0.717) is 37.7 Å². The fraction of sp³-hybridized carbons (Fsp3) is 0.562. The number of halogens is 2. The zero-order valence-electron chi connectivity index (χ0n) is 15.4. The summed E-state index contributed by atoms with van der Waals surface area (Å²) in [5, 5.41) is 3.87. The molecule has 7 nitrogen and oxygen atoms in total. The third-order valence-electron chi connectivity index (χ3n) is 3.42. The molecule has 0 amide bonds. The van der Waals surface area contributed by atoms with Gasteiger partial charge < -0.3 is 15.0 Å². The predicted molar refractivity (Wildman–Crippen MR) is 118 cm³/mol. The Labute approximate surface area is 178 Å². The van der Waals surface area contributed by atoms with Crippen molar-refractivity contribution < 1.29 is 13.2 Å². The third-order valence-corrected chi connectivity index (χ3v) is 5.08. The number of hydrogen-bond donors (Lipinski definition) is 2. The molecule has 1 aromatic carbocycles. The van der Waals surface area contributed by atoms with Crippen LogP contribution in [-0.4, -0.2) is 65.4 Å². The molecule has 26 heavy (non-hydrogen) atoms. The lowest BCUT2D eigenvalue weighted by Gasteiger charge is -2.22. The van der Waals surface area contributed by atoms with Crippen molar-refractivity contribution >= 4 is 51.6 Å². The van der Waals surface area contributed by atoms with E-state index < -0.39 is 10.0 Å². The summed E-state index contributed by atoms with van der Waals surface area (Å²) in [5.41, 5.74) is 0. The summed E-state index contributed by atoms with van der Waals surface area (Å²) < 4.78 is 30.9. The van der Waals surface area contributed by atoms with E-state index >= 15 is 0 Å². The molecule has 0 fully saturated rings. The normalized spacial score (nSPS) is 11.6. The van der Waals surface area contributed by atoms with Gasteiger partial charge >= 0.3 is 0 Å². The number of sulfonamides is 1. The Balaban J connectivity index is 0.00000625. The van der Waals surface area contributed by atoms with Gasteiger partial charge in [0, 0.05) is 32.2 Å². The van der Waals surface area contributed by atoms with Crippen LogP contribution in [0.5, 0.6) is 5.75 Å². The molecule has 1 aromatic rings. The fourth-order valence-electron chi connectivity index (χ4n) is 1.94. The monoisotopic (exact) mass is 518 g/mol. The first-order chi connectivity index (χ1) is 11.9. The second-order valence-corrected chi connectivity index (χ2v) is 7.88. The summed E-state index contributed by atoms with van der Waals surface area (Å²) in [6.07, 6.45) is 0.674. The Morgan fingerprint density at radius 3 is 2.50 bits per heavy atom. The van der Waals surface area contributed by atoms with E-state index in [1.54, 1.807) is 26.1 Å². The van der Waals surface area contributed by atoms with Gasteiger partial charge in [0.2, 0.25) is 10.0 Å². The highest BCUT2D eigenvalue weighted by Crippen LogP contribution is 2.15. The minimum absolute atomic E-state index is 0. The van der Waals surface area contributed by atoms with Gasteiger partial charge in [-0.2, -0.15) is 0 Å². The van der Waals surface area contributed by atoms with Crippen molar-refractivity contribution in [3.63, 3.8) is 0 Å². The largest absolute Gasteiger partial charge is 0.492 e. The molecule has 150 valence electrons. The lowest BCUT2D eigenvalue weighted by molar-refractivity contribution is 0.281. The van der Waals surface area contributed by atoms with Crippen LogP contribution in [-0.2, 0) is 10.0 Å². The maximum Gasteiger partial charge on any atom is 0.211 e. The van der Waals surface area contributed by atoms with E-state index in [1.807, 2.05) is 24.1 Å². The van der Waals surface area contributed by atoms with Crippen molar-refractivity contribution in [2.45, 2.75) is 13.3 Å². The van der Waals surface area contributed by atoms with Crippen LogP contribution >= 0.6 is 35.6 Å². The van der Waals surface area contributed by atoms with Crippen molar-refractivity contribution in [2.75, 3.05) is 46.1 Å². The Kier molecular flexibility index (Phi) is 13.0. The first-order valence-electron chi connectivity index (χ1n) is 8.15. The molecule has 0 aliphatic heterocycles. The predicted octanol–water partition coefficient (Wildman–Crippen LogP) is 2.17. The summed E-state index contributed by atoms with van der Waals surface area (Å²) in [6, 6.07) is 7.22. The molecule has 0 aliphatic rings. The summed E-state index contributed by atoms with van der Waals surface area (Å²) in [6.45, 7) is 3.81. The van der Waals surface area contributed by atoms with Gasteiger partial charge in [-0.15, -0.1) is 24.0 Å². The highest BCUT2D eigenvalue weighted by Gasteiger charge is 2.07.